The third-order valence-electron chi connectivity index (χ3n) is 3.03. The molecule has 0 unspecified atom stereocenters. The highest BCUT2D eigenvalue weighted by Gasteiger charge is 2.37. The monoisotopic (exact) mass is 361 g/mol. The highest BCUT2D eigenvalue weighted by Crippen LogP contribution is 2.38. The Balaban J connectivity index is 2.59. The van der Waals surface area contributed by atoms with Crippen molar-refractivity contribution >= 4 is 15.8 Å². The van der Waals surface area contributed by atoms with Gasteiger partial charge in [-0.15, -0.1) is 0 Å². The van der Waals surface area contributed by atoms with Gasteiger partial charge in [-0.05, 0) is 24.6 Å². The summed E-state index contributed by atoms with van der Waals surface area (Å²) in [5.74, 6) is -0.956. The van der Waals surface area contributed by atoms with E-state index in [4.69, 9.17) is 0 Å². The number of alkyl halides is 3. The summed E-state index contributed by atoms with van der Waals surface area (Å²) in [6, 6.07) is 7.17. The second kappa shape index (κ2) is 6.11. The van der Waals surface area contributed by atoms with Crippen molar-refractivity contribution in [1.82, 2.24) is 0 Å². The van der Waals surface area contributed by atoms with Crippen molar-refractivity contribution in [2.75, 3.05) is 0 Å². The fraction of sp³-hybridized carbons (Fsp3) is 0.143. The lowest BCUT2D eigenvalue weighted by Gasteiger charge is -2.14. The number of rotatable bonds is 4. The molecule has 0 bridgehead atoms. The van der Waals surface area contributed by atoms with Crippen molar-refractivity contribution in [1.29, 1.82) is 0 Å². The molecule has 0 amide bonds. The first-order valence-corrected chi connectivity index (χ1v) is 7.79. The van der Waals surface area contributed by atoms with E-state index in [1.165, 1.54) is 19.1 Å². The van der Waals surface area contributed by atoms with Gasteiger partial charge in [0.2, 0.25) is 0 Å². The number of para-hydroxylation sites is 1. The quantitative estimate of drug-likeness (QED) is 0.471. The van der Waals surface area contributed by atoms with Gasteiger partial charge < -0.3 is 4.18 Å². The van der Waals surface area contributed by atoms with Crippen molar-refractivity contribution in [3.05, 3.63) is 63.7 Å². The number of aryl methyl sites for hydroxylation is 1. The Hall–Kier alpha value is -2.62. The highest BCUT2D eigenvalue weighted by molar-refractivity contribution is 7.87. The number of nitro benzene ring substituents is 1. The maximum atomic E-state index is 12.9. The van der Waals surface area contributed by atoms with E-state index in [1.54, 1.807) is 0 Å². The van der Waals surface area contributed by atoms with Gasteiger partial charge in [0.05, 0.1) is 10.5 Å². The first kappa shape index (κ1) is 17.7. The van der Waals surface area contributed by atoms with E-state index in [1.807, 2.05) is 0 Å². The Morgan fingerprint density at radius 1 is 1.08 bits per heavy atom. The number of nitrogens with zero attached hydrogens (tertiary/aromatic N) is 1. The summed E-state index contributed by atoms with van der Waals surface area (Å²) in [4.78, 5) is 9.27. The molecule has 0 spiro atoms. The van der Waals surface area contributed by atoms with Crippen molar-refractivity contribution < 1.29 is 30.7 Å². The molecule has 0 aliphatic carbocycles. The highest BCUT2D eigenvalue weighted by atomic mass is 32.2. The topological polar surface area (TPSA) is 86.5 Å². The molecule has 6 nitrogen and oxygen atoms in total. The predicted molar refractivity (Wildman–Crippen MR) is 77.1 cm³/mol. The van der Waals surface area contributed by atoms with Crippen LogP contribution in [0.4, 0.5) is 18.9 Å². The van der Waals surface area contributed by atoms with Crippen molar-refractivity contribution in [3.8, 4) is 5.75 Å². The SMILES string of the molecule is Cc1cccc([N+](=O)[O-])c1S(=O)(=O)Oc1ccccc1C(F)(F)F. The zero-order valence-electron chi connectivity index (χ0n) is 12.1. The van der Waals surface area contributed by atoms with E-state index < -0.39 is 43.1 Å². The molecule has 24 heavy (non-hydrogen) atoms. The molecule has 128 valence electrons. The third kappa shape index (κ3) is 3.48. The molecular weight excluding hydrogens is 351 g/mol. The maximum Gasteiger partial charge on any atom is 0.420 e. The van der Waals surface area contributed by atoms with Crippen LogP contribution in [0, 0.1) is 17.0 Å². The first-order chi connectivity index (χ1) is 11.0. The molecule has 0 fully saturated rings. The zero-order valence-corrected chi connectivity index (χ0v) is 12.9. The molecule has 0 heterocycles. The van der Waals surface area contributed by atoms with Crippen LogP contribution in [0.5, 0.6) is 5.75 Å². The van der Waals surface area contributed by atoms with Crippen LogP contribution < -0.4 is 4.18 Å². The lowest BCUT2D eigenvalue weighted by Crippen LogP contribution is -2.16. The number of nitro groups is 1. The van der Waals surface area contributed by atoms with Gasteiger partial charge in [-0.2, -0.15) is 21.6 Å². The van der Waals surface area contributed by atoms with E-state index in [0.29, 0.717) is 6.07 Å². The fourth-order valence-electron chi connectivity index (χ4n) is 2.04. The Labute approximate surface area is 134 Å². The van der Waals surface area contributed by atoms with Gasteiger partial charge in [0.15, 0.2) is 10.6 Å². The summed E-state index contributed by atoms with van der Waals surface area (Å²) in [6.45, 7) is 1.28. The smallest absolute Gasteiger partial charge is 0.378 e. The second-order valence-corrected chi connectivity index (χ2v) is 6.19. The molecule has 0 atom stereocenters. The zero-order chi connectivity index (χ0) is 18.1. The van der Waals surface area contributed by atoms with Gasteiger partial charge in [-0.1, -0.05) is 24.3 Å². The molecule has 0 aliphatic heterocycles. The van der Waals surface area contributed by atoms with Gasteiger partial charge >= 0.3 is 16.3 Å². The summed E-state index contributed by atoms with van der Waals surface area (Å²) in [5, 5.41) is 11.0. The van der Waals surface area contributed by atoms with Crippen LogP contribution in [0.1, 0.15) is 11.1 Å². The summed E-state index contributed by atoms with van der Waals surface area (Å²) in [7, 11) is -4.84. The molecule has 0 radical (unpaired) electrons. The van der Waals surface area contributed by atoms with Crippen LogP contribution in [0.15, 0.2) is 47.4 Å². The normalized spacial score (nSPS) is 12.0. The van der Waals surface area contributed by atoms with Crippen LogP contribution in [-0.2, 0) is 16.3 Å². The molecule has 0 aliphatic rings. The largest absolute Gasteiger partial charge is 0.420 e. The van der Waals surface area contributed by atoms with Gasteiger partial charge in [0.25, 0.3) is 5.69 Å². The third-order valence-corrected chi connectivity index (χ3v) is 4.46. The van der Waals surface area contributed by atoms with Crippen LogP contribution in [0.2, 0.25) is 0 Å². The lowest BCUT2D eigenvalue weighted by molar-refractivity contribution is -0.388. The van der Waals surface area contributed by atoms with E-state index in [9.17, 15) is 31.7 Å². The van der Waals surface area contributed by atoms with E-state index in [-0.39, 0.29) is 5.56 Å². The van der Waals surface area contributed by atoms with Gasteiger partial charge in [0, 0.05) is 6.07 Å². The van der Waals surface area contributed by atoms with Crippen molar-refractivity contribution in [2.24, 2.45) is 0 Å². The van der Waals surface area contributed by atoms with Crippen LogP contribution in [0.25, 0.3) is 0 Å². The summed E-state index contributed by atoms with van der Waals surface area (Å²) in [6.07, 6.45) is -4.84. The standard InChI is InChI=1S/C14H10F3NO5S/c1-9-5-4-7-11(18(19)20)13(9)24(21,22)23-12-8-3-2-6-10(12)14(15,16)17/h2-8H,1H3. The number of hydrogen-bond acceptors (Lipinski definition) is 5. The number of halogens is 3. The van der Waals surface area contributed by atoms with E-state index in [2.05, 4.69) is 4.18 Å². The minimum absolute atomic E-state index is 0.0197. The molecule has 2 rings (SSSR count). The number of benzene rings is 2. The van der Waals surface area contributed by atoms with E-state index >= 15 is 0 Å². The van der Waals surface area contributed by atoms with E-state index in [0.717, 1.165) is 24.3 Å². The molecular formula is C14H10F3NO5S. The summed E-state index contributed by atoms with van der Waals surface area (Å²) < 4.78 is 68.0. The maximum absolute atomic E-state index is 12.9. The van der Waals surface area contributed by atoms with Gasteiger partial charge in [0.1, 0.15) is 0 Å². The molecule has 10 heteroatoms. The average molecular weight is 361 g/mol. The van der Waals surface area contributed by atoms with Crippen molar-refractivity contribution in [3.63, 3.8) is 0 Å². The first-order valence-electron chi connectivity index (χ1n) is 6.39. The molecule has 2 aromatic rings. The number of hydrogen-bond donors (Lipinski definition) is 0. The minimum atomic E-state index is -4.84. The minimum Gasteiger partial charge on any atom is -0.378 e. The van der Waals surface area contributed by atoms with Crippen LogP contribution in [0.3, 0.4) is 0 Å². The van der Waals surface area contributed by atoms with Gasteiger partial charge in [-0.25, -0.2) is 0 Å². The molecule has 0 saturated carbocycles. The van der Waals surface area contributed by atoms with Crippen molar-refractivity contribution in [2.45, 2.75) is 18.0 Å². The Kier molecular flexibility index (Phi) is 4.52. The fourth-order valence-corrected chi connectivity index (χ4v) is 3.37. The Bertz CT molecular complexity index is 894. The van der Waals surface area contributed by atoms with Crippen LogP contribution >= 0.6 is 0 Å². The Morgan fingerprint density at radius 2 is 1.71 bits per heavy atom. The lowest BCUT2D eigenvalue weighted by atomic mass is 10.2. The molecule has 0 aromatic heterocycles. The average Bonchev–Trinajstić information content (AvgIpc) is 2.45. The van der Waals surface area contributed by atoms with Gasteiger partial charge in [-0.3, -0.25) is 10.1 Å². The molecule has 0 N–H and O–H groups in total. The summed E-state index contributed by atoms with van der Waals surface area (Å²) in [5.41, 5.74) is -2.10. The molecule has 2 aromatic carbocycles. The second-order valence-electron chi connectivity index (χ2n) is 4.71. The molecule has 0 saturated heterocycles. The Morgan fingerprint density at radius 3 is 2.29 bits per heavy atom. The van der Waals surface area contributed by atoms with Crippen LogP contribution in [-0.4, -0.2) is 13.3 Å². The predicted octanol–water partition coefficient (Wildman–Crippen LogP) is 3.69. The summed E-state index contributed by atoms with van der Waals surface area (Å²) >= 11 is 0.